The lowest BCUT2D eigenvalue weighted by atomic mass is 10.00. The molecule has 4 amide bonds. The number of benzene rings is 5. The normalized spacial score (nSPS) is 14.0. The smallest absolute Gasteiger partial charge is 0.266 e. The predicted molar refractivity (Wildman–Crippen MR) is 171 cm³/mol. The molecule has 2 heterocycles. The SMILES string of the molecule is Nc1ccc(-c2ccc3c(c2)C(=O)N(c2cc(Cl)c(N4C(=O)c5ccc(-c6ccc(N)cc6)cc5C4=O)cc2Cl)C3=O)cc1. The number of nitrogen functional groups attached to an aromatic ring is 2. The van der Waals surface area contributed by atoms with Crippen LogP contribution in [0.25, 0.3) is 22.3 Å². The highest BCUT2D eigenvalue weighted by molar-refractivity contribution is 6.44. The van der Waals surface area contributed by atoms with Crippen LogP contribution in [-0.4, -0.2) is 23.6 Å². The molecule has 2 aliphatic heterocycles. The molecule has 0 radical (unpaired) electrons. The van der Waals surface area contributed by atoms with E-state index in [0.29, 0.717) is 11.4 Å². The van der Waals surface area contributed by atoms with E-state index in [2.05, 4.69) is 0 Å². The van der Waals surface area contributed by atoms with Crippen molar-refractivity contribution >= 4 is 69.6 Å². The fourth-order valence-corrected chi connectivity index (χ4v) is 5.98. The van der Waals surface area contributed by atoms with Gasteiger partial charge in [0.2, 0.25) is 0 Å². The van der Waals surface area contributed by atoms with Crippen molar-refractivity contribution in [2.45, 2.75) is 0 Å². The van der Waals surface area contributed by atoms with Crippen LogP contribution < -0.4 is 21.3 Å². The van der Waals surface area contributed by atoms with Gasteiger partial charge < -0.3 is 11.5 Å². The second-order valence-corrected chi connectivity index (χ2v) is 11.2. The maximum Gasteiger partial charge on any atom is 0.266 e. The van der Waals surface area contributed by atoms with Crippen LogP contribution in [0.2, 0.25) is 10.0 Å². The zero-order chi connectivity index (χ0) is 30.9. The number of anilines is 4. The molecule has 44 heavy (non-hydrogen) atoms. The van der Waals surface area contributed by atoms with Crippen LogP contribution in [0.1, 0.15) is 41.4 Å². The van der Waals surface area contributed by atoms with E-state index in [-0.39, 0.29) is 43.7 Å². The Labute approximate surface area is 261 Å². The number of carbonyl (C=O) groups excluding carboxylic acids is 4. The Morgan fingerprint density at radius 3 is 1.09 bits per heavy atom. The van der Waals surface area contributed by atoms with Crippen LogP contribution in [0.5, 0.6) is 0 Å². The Bertz CT molecular complexity index is 1940. The standard InChI is InChI=1S/C34H20Cl2N4O4/c35-27-16-30(40-32(42)24-12-6-20(14-26(24)34(40)44)18-3-9-22(38)10-4-18)28(36)15-29(27)39-31(41)23-11-5-19(13-25(23)33(39)43)17-1-7-21(37)8-2-17/h1-16H,37-38H2. The first kappa shape index (κ1) is 27.4. The summed E-state index contributed by atoms with van der Waals surface area (Å²) in [6.45, 7) is 0. The minimum absolute atomic E-state index is 0.0305. The van der Waals surface area contributed by atoms with Crippen molar-refractivity contribution < 1.29 is 19.2 Å². The Morgan fingerprint density at radius 2 is 0.727 bits per heavy atom. The number of hydrogen-bond acceptors (Lipinski definition) is 6. The van der Waals surface area contributed by atoms with Crippen molar-refractivity contribution in [3.8, 4) is 22.3 Å². The van der Waals surface area contributed by atoms with Crippen LogP contribution in [0.4, 0.5) is 22.7 Å². The summed E-state index contributed by atoms with van der Waals surface area (Å²) in [4.78, 5) is 55.7. The Hall–Kier alpha value is -5.44. The van der Waals surface area contributed by atoms with Crippen molar-refractivity contribution in [2.75, 3.05) is 21.3 Å². The minimum Gasteiger partial charge on any atom is -0.399 e. The predicted octanol–water partition coefficient (Wildman–Crippen LogP) is 7.09. The number of rotatable bonds is 4. The topological polar surface area (TPSA) is 127 Å². The van der Waals surface area contributed by atoms with Crippen LogP contribution >= 0.6 is 23.2 Å². The summed E-state index contributed by atoms with van der Waals surface area (Å²) >= 11 is 13.2. The molecule has 10 heteroatoms. The van der Waals surface area contributed by atoms with Gasteiger partial charge in [-0.1, -0.05) is 59.6 Å². The van der Waals surface area contributed by atoms with Gasteiger partial charge in [-0.25, -0.2) is 9.80 Å². The second kappa shape index (κ2) is 10.1. The Balaban J connectivity index is 1.21. The van der Waals surface area contributed by atoms with E-state index >= 15 is 0 Å². The number of imide groups is 2. The highest BCUT2D eigenvalue weighted by Gasteiger charge is 2.41. The van der Waals surface area contributed by atoms with Gasteiger partial charge in [-0.2, -0.15) is 0 Å². The van der Waals surface area contributed by atoms with E-state index in [9.17, 15) is 19.2 Å². The highest BCUT2D eigenvalue weighted by atomic mass is 35.5. The molecule has 0 fully saturated rings. The number of hydrogen-bond donors (Lipinski definition) is 2. The van der Waals surface area contributed by atoms with Gasteiger partial charge in [0, 0.05) is 11.4 Å². The average molecular weight is 619 g/mol. The molecule has 0 atom stereocenters. The summed E-state index contributed by atoms with van der Waals surface area (Å²) in [7, 11) is 0. The molecule has 0 spiro atoms. The largest absolute Gasteiger partial charge is 0.399 e. The monoisotopic (exact) mass is 618 g/mol. The number of nitrogens with zero attached hydrogens (tertiary/aromatic N) is 2. The van der Waals surface area contributed by atoms with Crippen LogP contribution in [0, 0.1) is 0 Å². The fraction of sp³-hybridized carbons (Fsp3) is 0. The van der Waals surface area contributed by atoms with Gasteiger partial charge in [0.25, 0.3) is 23.6 Å². The number of halogens is 2. The number of nitrogens with two attached hydrogens (primary N) is 2. The molecule has 0 saturated carbocycles. The summed E-state index contributed by atoms with van der Waals surface area (Å²) in [6.07, 6.45) is 0. The summed E-state index contributed by atoms with van der Waals surface area (Å²) in [5.41, 5.74) is 16.8. The molecule has 2 aliphatic rings. The minimum atomic E-state index is -0.580. The molecule has 0 unspecified atom stereocenters. The number of carbonyl (C=O) groups is 4. The average Bonchev–Trinajstić information content (AvgIpc) is 3.42. The van der Waals surface area contributed by atoms with Crippen molar-refractivity contribution in [1.82, 2.24) is 0 Å². The number of amides is 4. The van der Waals surface area contributed by atoms with Gasteiger partial charge in [0.1, 0.15) is 0 Å². The van der Waals surface area contributed by atoms with Crippen LogP contribution in [0.15, 0.2) is 97.1 Å². The van der Waals surface area contributed by atoms with E-state index < -0.39 is 23.6 Å². The lowest BCUT2D eigenvalue weighted by molar-refractivity contribution is 0.0909. The summed E-state index contributed by atoms with van der Waals surface area (Å²) in [5, 5.41) is -0.0893. The van der Waals surface area contributed by atoms with E-state index in [1.165, 1.54) is 12.1 Å². The first-order chi connectivity index (χ1) is 21.1. The van der Waals surface area contributed by atoms with Crippen LogP contribution in [0.3, 0.4) is 0 Å². The van der Waals surface area contributed by atoms with Crippen LogP contribution in [-0.2, 0) is 0 Å². The molecular formula is C34H20Cl2N4O4. The molecule has 8 nitrogen and oxygen atoms in total. The maximum absolute atomic E-state index is 13.5. The molecule has 4 N–H and O–H groups in total. The highest BCUT2D eigenvalue weighted by Crippen LogP contribution is 2.43. The second-order valence-electron chi connectivity index (χ2n) is 10.4. The lowest BCUT2D eigenvalue weighted by Gasteiger charge is -2.20. The molecule has 5 aromatic carbocycles. The third-order valence-corrected chi connectivity index (χ3v) is 8.36. The quantitative estimate of drug-likeness (QED) is 0.163. The van der Waals surface area contributed by atoms with Gasteiger partial charge in [0.05, 0.1) is 43.7 Å². The van der Waals surface area contributed by atoms with Gasteiger partial charge in [-0.05, 0) is 82.9 Å². The molecule has 7 rings (SSSR count). The molecule has 214 valence electrons. The Morgan fingerprint density at radius 1 is 0.409 bits per heavy atom. The van der Waals surface area contributed by atoms with E-state index in [1.54, 1.807) is 60.7 Å². The fourth-order valence-electron chi connectivity index (χ4n) is 5.50. The zero-order valence-corrected chi connectivity index (χ0v) is 24.2. The summed E-state index contributed by atoms with van der Waals surface area (Å²) < 4.78 is 0. The first-order valence-electron chi connectivity index (χ1n) is 13.4. The number of fused-ring (bicyclic) bond motifs is 2. The van der Waals surface area contributed by atoms with E-state index in [0.717, 1.165) is 32.1 Å². The molecule has 5 aromatic rings. The van der Waals surface area contributed by atoms with Gasteiger partial charge >= 0.3 is 0 Å². The van der Waals surface area contributed by atoms with Crippen molar-refractivity contribution in [3.63, 3.8) is 0 Å². The van der Waals surface area contributed by atoms with E-state index in [4.69, 9.17) is 34.7 Å². The van der Waals surface area contributed by atoms with Gasteiger partial charge in [0.15, 0.2) is 0 Å². The Kier molecular flexibility index (Phi) is 6.28. The maximum atomic E-state index is 13.5. The molecule has 0 aliphatic carbocycles. The van der Waals surface area contributed by atoms with Crippen molar-refractivity contribution in [1.29, 1.82) is 0 Å². The summed E-state index contributed by atoms with van der Waals surface area (Å²) in [6, 6.07) is 26.9. The van der Waals surface area contributed by atoms with Gasteiger partial charge in [-0.15, -0.1) is 0 Å². The van der Waals surface area contributed by atoms with Crippen molar-refractivity contribution in [2.24, 2.45) is 0 Å². The third kappa shape index (κ3) is 4.23. The van der Waals surface area contributed by atoms with E-state index in [1.807, 2.05) is 24.3 Å². The molecule has 0 saturated heterocycles. The molecule has 0 bridgehead atoms. The third-order valence-electron chi connectivity index (χ3n) is 7.76. The molecular weight excluding hydrogens is 599 g/mol. The molecule has 0 aromatic heterocycles. The summed E-state index contributed by atoms with van der Waals surface area (Å²) in [5.74, 6) is -2.31. The zero-order valence-electron chi connectivity index (χ0n) is 22.7. The first-order valence-corrected chi connectivity index (χ1v) is 14.1. The lowest BCUT2D eigenvalue weighted by Crippen LogP contribution is -2.31. The van der Waals surface area contributed by atoms with Crippen molar-refractivity contribution in [3.05, 3.63) is 129 Å². The van der Waals surface area contributed by atoms with Gasteiger partial charge in [-0.3, -0.25) is 19.2 Å².